The minimum absolute atomic E-state index is 0.0670. The van der Waals surface area contributed by atoms with E-state index in [1.807, 2.05) is 6.07 Å². The Hall–Kier alpha value is -2.74. The molecule has 8 nitrogen and oxygen atoms in total. The molecule has 0 bridgehead atoms. The number of alkyl carbamates (subject to hydrolysis) is 1. The summed E-state index contributed by atoms with van der Waals surface area (Å²) in [7, 11) is 5.38. The molecule has 0 unspecified atom stereocenters. The largest absolute Gasteiger partial charge is 0.493 e. The van der Waals surface area contributed by atoms with Crippen molar-refractivity contribution in [2.24, 2.45) is 0 Å². The first-order chi connectivity index (χ1) is 15.6. The monoisotopic (exact) mass is 460 g/mol. The van der Waals surface area contributed by atoms with Crippen LogP contribution in [0.25, 0.3) is 0 Å². The van der Waals surface area contributed by atoms with Gasteiger partial charge in [-0.2, -0.15) is 0 Å². The van der Waals surface area contributed by atoms with Crippen LogP contribution >= 0.6 is 0 Å². The standard InChI is InChI=1S/C25H36N2O6/c1-24(2,3)33-23(29)26-13-10-22(28)32-18-9-11-25(12-14-27(4)21(25)16-18)17-7-8-19(30-5)20(15-17)31-6/h7-8,15-16,21H,9-14H2,1-6H3,(H,26,29)/t21-,25-/m0/s1. The molecular formula is C25H36N2O6. The van der Waals surface area contributed by atoms with Crippen molar-refractivity contribution in [3.63, 3.8) is 0 Å². The lowest BCUT2D eigenvalue weighted by atomic mass is 9.68. The van der Waals surface area contributed by atoms with E-state index in [9.17, 15) is 9.59 Å². The van der Waals surface area contributed by atoms with Crippen LogP contribution in [0.1, 0.15) is 52.0 Å². The van der Waals surface area contributed by atoms with Gasteiger partial charge in [0.15, 0.2) is 11.5 Å². The highest BCUT2D eigenvalue weighted by Crippen LogP contribution is 2.49. The van der Waals surface area contributed by atoms with Crippen LogP contribution in [0.2, 0.25) is 0 Å². The number of allylic oxidation sites excluding steroid dienone is 1. The number of esters is 1. The number of methoxy groups -OCH3 is 2. The number of ether oxygens (including phenoxy) is 4. The molecular weight excluding hydrogens is 424 g/mol. The molecule has 33 heavy (non-hydrogen) atoms. The fourth-order valence-electron chi connectivity index (χ4n) is 4.72. The van der Waals surface area contributed by atoms with Gasteiger partial charge in [0.2, 0.25) is 0 Å². The summed E-state index contributed by atoms with van der Waals surface area (Å²) < 4.78 is 21.8. The predicted molar refractivity (Wildman–Crippen MR) is 125 cm³/mol. The summed E-state index contributed by atoms with van der Waals surface area (Å²) in [6.45, 7) is 6.49. The van der Waals surface area contributed by atoms with Crippen LogP contribution in [0, 0.1) is 0 Å². The zero-order chi connectivity index (χ0) is 24.2. The molecule has 0 saturated carbocycles. The Morgan fingerprint density at radius 1 is 1.15 bits per heavy atom. The SMILES string of the molecule is COc1ccc([C@@]23CCC(OC(=O)CCNC(=O)OC(C)(C)C)=C[C@@H]2N(C)CC3)cc1OC. The lowest BCUT2D eigenvalue weighted by molar-refractivity contribution is -0.139. The molecule has 1 saturated heterocycles. The van der Waals surface area contributed by atoms with E-state index in [1.54, 1.807) is 35.0 Å². The van der Waals surface area contributed by atoms with E-state index in [0.717, 1.165) is 25.1 Å². The van der Waals surface area contributed by atoms with E-state index in [4.69, 9.17) is 18.9 Å². The van der Waals surface area contributed by atoms with Gasteiger partial charge in [0.05, 0.1) is 20.6 Å². The Balaban J connectivity index is 1.65. The summed E-state index contributed by atoms with van der Waals surface area (Å²) in [5.41, 5.74) is 0.561. The number of nitrogens with zero attached hydrogens (tertiary/aromatic N) is 1. The fraction of sp³-hybridized carbons (Fsp3) is 0.600. The van der Waals surface area contributed by atoms with Crippen molar-refractivity contribution in [1.82, 2.24) is 10.2 Å². The van der Waals surface area contributed by atoms with Crippen LogP contribution in [0.5, 0.6) is 11.5 Å². The number of carbonyl (C=O) groups is 2. The molecule has 1 N–H and O–H groups in total. The Labute approximate surface area is 196 Å². The summed E-state index contributed by atoms with van der Waals surface area (Å²) in [5.74, 6) is 1.75. The van der Waals surface area contributed by atoms with Gasteiger partial charge in [-0.25, -0.2) is 4.79 Å². The van der Waals surface area contributed by atoms with Crippen molar-refractivity contribution in [2.45, 2.75) is 63.5 Å². The topological polar surface area (TPSA) is 86.3 Å². The van der Waals surface area contributed by atoms with Gasteiger partial charge in [0.25, 0.3) is 0 Å². The molecule has 8 heteroatoms. The molecule has 1 amide bonds. The highest BCUT2D eigenvalue weighted by Gasteiger charge is 2.48. The molecule has 0 aromatic heterocycles. The maximum Gasteiger partial charge on any atom is 0.407 e. The highest BCUT2D eigenvalue weighted by molar-refractivity contribution is 5.72. The van der Waals surface area contributed by atoms with Gasteiger partial charge in [0, 0.05) is 24.4 Å². The fourth-order valence-corrected chi connectivity index (χ4v) is 4.72. The number of hydrogen-bond donors (Lipinski definition) is 1. The molecule has 0 radical (unpaired) electrons. The molecule has 0 spiro atoms. The van der Waals surface area contributed by atoms with Crippen LogP contribution in [-0.2, 0) is 19.7 Å². The number of likely N-dealkylation sites (N-methyl/N-ethyl adjacent to an activating group) is 1. The average molecular weight is 461 g/mol. The normalized spacial score (nSPS) is 22.7. The van der Waals surface area contributed by atoms with Crippen molar-refractivity contribution in [3.05, 3.63) is 35.6 Å². The zero-order valence-corrected chi connectivity index (χ0v) is 20.5. The number of rotatable bonds is 7. The Bertz CT molecular complexity index is 907. The van der Waals surface area contributed by atoms with Crippen molar-refractivity contribution in [3.8, 4) is 11.5 Å². The third-order valence-corrected chi connectivity index (χ3v) is 6.31. The molecule has 2 aliphatic rings. The van der Waals surface area contributed by atoms with Gasteiger partial charge in [-0.05, 0) is 71.0 Å². The maximum absolute atomic E-state index is 12.4. The van der Waals surface area contributed by atoms with Crippen LogP contribution in [0.4, 0.5) is 4.79 Å². The molecule has 3 rings (SSSR count). The summed E-state index contributed by atoms with van der Waals surface area (Å²) in [6, 6.07) is 6.25. The van der Waals surface area contributed by atoms with Gasteiger partial charge < -0.3 is 24.3 Å². The third kappa shape index (κ3) is 5.79. The van der Waals surface area contributed by atoms with Gasteiger partial charge in [0.1, 0.15) is 11.4 Å². The lowest BCUT2D eigenvalue weighted by Gasteiger charge is -2.40. The first-order valence-electron chi connectivity index (χ1n) is 11.4. The third-order valence-electron chi connectivity index (χ3n) is 6.31. The summed E-state index contributed by atoms with van der Waals surface area (Å²) in [4.78, 5) is 26.4. The molecule has 1 aliphatic carbocycles. The zero-order valence-electron chi connectivity index (χ0n) is 20.5. The van der Waals surface area contributed by atoms with Crippen LogP contribution < -0.4 is 14.8 Å². The van der Waals surface area contributed by atoms with E-state index in [2.05, 4.69) is 35.5 Å². The summed E-state index contributed by atoms with van der Waals surface area (Å²) in [6.07, 6.45) is 4.17. The second kappa shape index (κ2) is 10.0. The molecule has 182 valence electrons. The lowest BCUT2D eigenvalue weighted by Crippen LogP contribution is -2.42. The quantitative estimate of drug-likeness (QED) is 0.620. The maximum atomic E-state index is 12.4. The van der Waals surface area contributed by atoms with Gasteiger partial charge in [-0.15, -0.1) is 0 Å². The number of nitrogens with one attached hydrogen (secondary N) is 1. The predicted octanol–water partition coefficient (Wildman–Crippen LogP) is 3.78. The second-order valence-electron chi connectivity index (χ2n) is 9.69. The number of fused-ring (bicyclic) bond motifs is 1. The van der Waals surface area contributed by atoms with Crippen molar-refractivity contribution in [2.75, 3.05) is 34.4 Å². The smallest absolute Gasteiger partial charge is 0.407 e. The molecule has 1 fully saturated rings. The van der Waals surface area contributed by atoms with Crippen molar-refractivity contribution < 1.29 is 28.5 Å². The Kier molecular flexibility index (Phi) is 7.57. The van der Waals surface area contributed by atoms with E-state index < -0.39 is 11.7 Å². The van der Waals surface area contributed by atoms with Gasteiger partial charge in [-0.3, -0.25) is 9.69 Å². The average Bonchev–Trinajstić information content (AvgIpc) is 3.09. The molecule has 2 atom stereocenters. The number of amides is 1. The van der Waals surface area contributed by atoms with E-state index in [0.29, 0.717) is 17.9 Å². The molecule has 1 aliphatic heterocycles. The first kappa shape index (κ1) is 24.9. The summed E-state index contributed by atoms with van der Waals surface area (Å²) >= 11 is 0. The van der Waals surface area contributed by atoms with Crippen LogP contribution in [-0.4, -0.2) is 63.0 Å². The van der Waals surface area contributed by atoms with E-state index in [-0.39, 0.29) is 30.4 Å². The number of likely N-dealkylation sites (tertiary alicyclic amines) is 1. The van der Waals surface area contributed by atoms with E-state index in [1.165, 1.54) is 5.56 Å². The first-order valence-corrected chi connectivity index (χ1v) is 11.4. The van der Waals surface area contributed by atoms with Gasteiger partial charge >= 0.3 is 12.1 Å². The Morgan fingerprint density at radius 3 is 2.55 bits per heavy atom. The number of carbonyl (C=O) groups excluding carboxylic acids is 2. The van der Waals surface area contributed by atoms with Crippen LogP contribution in [0.3, 0.4) is 0 Å². The number of hydrogen-bond acceptors (Lipinski definition) is 7. The van der Waals surface area contributed by atoms with Crippen molar-refractivity contribution >= 4 is 12.1 Å². The van der Waals surface area contributed by atoms with Crippen LogP contribution in [0.15, 0.2) is 30.0 Å². The second-order valence-corrected chi connectivity index (χ2v) is 9.69. The molecule has 1 heterocycles. The minimum Gasteiger partial charge on any atom is -0.493 e. The minimum atomic E-state index is -0.578. The summed E-state index contributed by atoms with van der Waals surface area (Å²) in [5, 5.41) is 2.59. The molecule has 1 aromatic rings. The Morgan fingerprint density at radius 2 is 1.88 bits per heavy atom. The van der Waals surface area contributed by atoms with E-state index >= 15 is 0 Å². The molecule has 1 aromatic carbocycles. The number of benzene rings is 1. The highest BCUT2D eigenvalue weighted by atomic mass is 16.6. The van der Waals surface area contributed by atoms with Gasteiger partial charge in [-0.1, -0.05) is 6.07 Å². The van der Waals surface area contributed by atoms with Crippen molar-refractivity contribution in [1.29, 1.82) is 0 Å².